The van der Waals surface area contributed by atoms with E-state index < -0.39 is 0 Å². The Balaban J connectivity index is 2.38. The third-order valence-corrected chi connectivity index (χ3v) is 2.73. The fourth-order valence-electron chi connectivity index (χ4n) is 1.97. The number of hydrogen-bond donors (Lipinski definition) is 0. The topological polar surface area (TPSA) is 27.7 Å². The lowest BCUT2D eigenvalue weighted by Crippen LogP contribution is -2.08. The van der Waals surface area contributed by atoms with Crippen LogP contribution in [0, 0.1) is 0 Å². The predicted octanol–water partition coefficient (Wildman–Crippen LogP) is 3.54. The van der Waals surface area contributed by atoms with Gasteiger partial charge in [-0.3, -0.25) is 0 Å². The van der Waals surface area contributed by atoms with E-state index in [9.17, 15) is 0 Å². The largest absolute Gasteiger partial charge is 0.496 e. The highest BCUT2D eigenvalue weighted by Crippen LogP contribution is 2.34. The molecule has 0 bridgehead atoms. The lowest BCUT2D eigenvalue weighted by molar-refractivity contribution is 0.249. The lowest BCUT2D eigenvalue weighted by Gasteiger charge is -2.22. The summed E-state index contributed by atoms with van der Waals surface area (Å²) in [6.07, 6.45) is 8.58. The maximum atomic E-state index is 5.48. The van der Waals surface area contributed by atoms with Crippen LogP contribution < -0.4 is 0 Å². The van der Waals surface area contributed by atoms with E-state index in [1.165, 1.54) is 12.5 Å². The van der Waals surface area contributed by atoms with Crippen LogP contribution in [0.5, 0.6) is 0 Å². The van der Waals surface area contributed by atoms with Crippen molar-refractivity contribution in [1.29, 1.82) is 0 Å². The van der Waals surface area contributed by atoms with Crippen LogP contribution in [0.2, 0.25) is 0 Å². The lowest BCUT2D eigenvalue weighted by atomic mass is 9.92. The first kappa shape index (κ1) is 11.6. The smallest absolute Gasteiger partial charge is 0.168 e. The molecule has 0 fully saturated rings. The second-order valence-corrected chi connectivity index (χ2v) is 3.96. The van der Waals surface area contributed by atoms with Gasteiger partial charge in [0.25, 0.3) is 0 Å². The van der Waals surface area contributed by atoms with E-state index in [-0.39, 0.29) is 0 Å². The number of rotatable bonds is 3. The Morgan fingerprint density at radius 2 is 2.24 bits per heavy atom. The molecule has 0 aromatic heterocycles. The zero-order valence-electron chi connectivity index (χ0n) is 10.2. The van der Waals surface area contributed by atoms with Gasteiger partial charge in [-0.15, -0.1) is 0 Å². The van der Waals surface area contributed by atoms with E-state index in [0.29, 0.717) is 5.76 Å². The summed E-state index contributed by atoms with van der Waals surface area (Å²) in [4.78, 5) is 0. The van der Waals surface area contributed by atoms with Gasteiger partial charge in [-0.25, -0.2) is 0 Å². The minimum atomic E-state index is 0.705. The van der Waals surface area contributed by atoms with Crippen LogP contribution >= 0.6 is 0 Å². The Morgan fingerprint density at radius 1 is 1.41 bits per heavy atom. The molecule has 1 heterocycles. The van der Waals surface area contributed by atoms with Crippen LogP contribution in [0.3, 0.4) is 0 Å². The average molecular weight is 232 g/mol. The van der Waals surface area contributed by atoms with E-state index in [1.54, 1.807) is 13.4 Å². The molecule has 90 valence electrons. The van der Waals surface area contributed by atoms with Crippen molar-refractivity contribution in [2.24, 2.45) is 0 Å². The Morgan fingerprint density at radius 3 is 2.82 bits per heavy atom. The van der Waals surface area contributed by atoms with E-state index in [1.807, 2.05) is 6.92 Å². The fraction of sp³-hybridized carbons (Fsp3) is 0.286. The third-order valence-electron chi connectivity index (χ3n) is 2.73. The SMILES string of the molecule is C=C(C)C1=CCCC(C2=COC=CO2)=C1OC. The maximum Gasteiger partial charge on any atom is 0.168 e. The molecule has 0 saturated heterocycles. The van der Waals surface area contributed by atoms with Gasteiger partial charge in [0.1, 0.15) is 24.5 Å². The molecule has 17 heavy (non-hydrogen) atoms. The Kier molecular flexibility index (Phi) is 3.38. The van der Waals surface area contributed by atoms with Crippen LogP contribution in [0.25, 0.3) is 0 Å². The first-order valence-electron chi connectivity index (χ1n) is 5.55. The second kappa shape index (κ2) is 4.95. The van der Waals surface area contributed by atoms with Gasteiger partial charge in [-0.1, -0.05) is 12.7 Å². The number of hydrogen-bond acceptors (Lipinski definition) is 3. The van der Waals surface area contributed by atoms with Gasteiger partial charge in [0.05, 0.1) is 7.11 Å². The van der Waals surface area contributed by atoms with E-state index in [0.717, 1.165) is 35.3 Å². The van der Waals surface area contributed by atoms with Gasteiger partial charge in [0.2, 0.25) is 0 Å². The molecule has 3 nitrogen and oxygen atoms in total. The van der Waals surface area contributed by atoms with Crippen molar-refractivity contribution >= 4 is 0 Å². The van der Waals surface area contributed by atoms with Crippen molar-refractivity contribution < 1.29 is 14.2 Å². The highest BCUT2D eigenvalue weighted by atomic mass is 16.5. The molecule has 2 aliphatic rings. The van der Waals surface area contributed by atoms with Gasteiger partial charge in [0, 0.05) is 11.1 Å². The van der Waals surface area contributed by atoms with Crippen molar-refractivity contribution in [2.45, 2.75) is 19.8 Å². The van der Waals surface area contributed by atoms with Gasteiger partial charge in [0.15, 0.2) is 5.76 Å². The first-order valence-corrected chi connectivity index (χ1v) is 5.55. The summed E-state index contributed by atoms with van der Waals surface area (Å²) < 4.78 is 16.0. The standard InChI is InChI=1S/C14H16O3/c1-10(2)11-5-4-6-12(14(11)15-3)13-9-16-7-8-17-13/h5,7-9H,1,4,6H2,2-3H3. The monoisotopic (exact) mass is 232 g/mol. The molecule has 2 rings (SSSR count). The number of methoxy groups -OCH3 is 1. The Hall–Kier alpha value is -1.90. The summed E-state index contributed by atoms with van der Waals surface area (Å²) in [7, 11) is 1.66. The first-order chi connectivity index (χ1) is 8.24. The van der Waals surface area contributed by atoms with Crippen LogP contribution in [0.1, 0.15) is 19.8 Å². The molecule has 0 atom stereocenters. The van der Waals surface area contributed by atoms with E-state index >= 15 is 0 Å². The van der Waals surface area contributed by atoms with E-state index in [2.05, 4.69) is 12.7 Å². The van der Waals surface area contributed by atoms with Gasteiger partial charge < -0.3 is 14.2 Å². The van der Waals surface area contributed by atoms with Crippen molar-refractivity contribution in [3.8, 4) is 0 Å². The Labute approximate surface area is 101 Å². The Bertz CT molecular complexity index is 450. The molecule has 0 aromatic rings. The quantitative estimate of drug-likeness (QED) is 0.744. The third kappa shape index (κ3) is 2.28. The highest BCUT2D eigenvalue weighted by molar-refractivity contribution is 5.50. The van der Waals surface area contributed by atoms with Crippen molar-refractivity contribution in [3.05, 3.63) is 59.7 Å². The summed E-state index contributed by atoms with van der Waals surface area (Å²) in [6.45, 7) is 5.94. The number of allylic oxidation sites excluding steroid dienone is 3. The average Bonchev–Trinajstić information content (AvgIpc) is 2.38. The van der Waals surface area contributed by atoms with Crippen LogP contribution in [-0.4, -0.2) is 7.11 Å². The number of ether oxygens (including phenoxy) is 3. The molecule has 0 spiro atoms. The molecule has 0 saturated carbocycles. The predicted molar refractivity (Wildman–Crippen MR) is 65.6 cm³/mol. The van der Waals surface area contributed by atoms with Crippen LogP contribution in [-0.2, 0) is 14.2 Å². The molecular weight excluding hydrogens is 216 g/mol. The molecule has 0 amide bonds. The molecule has 3 heteroatoms. The summed E-state index contributed by atoms with van der Waals surface area (Å²) >= 11 is 0. The maximum absolute atomic E-state index is 5.48. The zero-order valence-corrected chi connectivity index (χ0v) is 10.2. The van der Waals surface area contributed by atoms with Crippen molar-refractivity contribution in [2.75, 3.05) is 7.11 Å². The molecule has 0 N–H and O–H groups in total. The molecule has 0 aromatic carbocycles. The molecule has 0 unspecified atom stereocenters. The second-order valence-electron chi connectivity index (χ2n) is 3.96. The minimum Gasteiger partial charge on any atom is -0.496 e. The zero-order chi connectivity index (χ0) is 12.3. The van der Waals surface area contributed by atoms with Gasteiger partial charge >= 0.3 is 0 Å². The molecular formula is C14H16O3. The summed E-state index contributed by atoms with van der Waals surface area (Å²) in [6, 6.07) is 0. The summed E-state index contributed by atoms with van der Waals surface area (Å²) in [5.41, 5.74) is 3.07. The van der Waals surface area contributed by atoms with Gasteiger partial charge in [-0.2, -0.15) is 0 Å². The summed E-state index contributed by atoms with van der Waals surface area (Å²) in [5, 5.41) is 0. The molecule has 1 aliphatic carbocycles. The molecule has 1 aliphatic heterocycles. The van der Waals surface area contributed by atoms with Crippen molar-refractivity contribution in [1.82, 2.24) is 0 Å². The van der Waals surface area contributed by atoms with Crippen molar-refractivity contribution in [3.63, 3.8) is 0 Å². The van der Waals surface area contributed by atoms with Gasteiger partial charge in [-0.05, 0) is 25.3 Å². The molecule has 0 radical (unpaired) electrons. The van der Waals surface area contributed by atoms with Crippen LogP contribution in [0.4, 0.5) is 0 Å². The minimum absolute atomic E-state index is 0.705. The summed E-state index contributed by atoms with van der Waals surface area (Å²) in [5.74, 6) is 1.53. The van der Waals surface area contributed by atoms with E-state index in [4.69, 9.17) is 14.2 Å². The van der Waals surface area contributed by atoms with Crippen LogP contribution in [0.15, 0.2) is 59.7 Å². The highest BCUT2D eigenvalue weighted by Gasteiger charge is 2.22. The fourth-order valence-corrected chi connectivity index (χ4v) is 1.97. The normalized spacial score (nSPS) is 18.9.